The molecule has 1 saturated carbocycles. The first-order chi connectivity index (χ1) is 15.4. The summed E-state index contributed by atoms with van der Waals surface area (Å²) in [7, 11) is 1.60. The van der Waals surface area contributed by atoms with Crippen molar-refractivity contribution in [3.05, 3.63) is 63.6 Å². The molecule has 0 aliphatic heterocycles. The number of ether oxygens (including phenoxy) is 1. The molecule has 0 bridgehead atoms. The number of halogens is 2. The Bertz CT molecular complexity index is 945. The highest BCUT2D eigenvalue weighted by Gasteiger charge is 2.28. The predicted molar refractivity (Wildman–Crippen MR) is 128 cm³/mol. The molecule has 0 heterocycles. The van der Waals surface area contributed by atoms with Crippen LogP contribution >= 0.6 is 23.2 Å². The summed E-state index contributed by atoms with van der Waals surface area (Å²) >= 11 is 12.3. The Hall–Kier alpha value is -2.24. The normalized spacial score (nSPS) is 15.1. The summed E-state index contributed by atoms with van der Waals surface area (Å²) < 4.78 is 5.32. The van der Waals surface area contributed by atoms with Gasteiger partial charge in [-0.15, -0.1) is 0 Å². The summed E-state index contributed by atoms with van der Waals surface area (Å²) in [5.74, 6) is 0.397. The van der Waals surface area contributed by atoms with E-state index in [0.29, 0.717) is 27.9 Å². The van der Waals surface area contributed by atoms with Crippen molar-refractivity contribution in [2.75, 3.05) is 7.11 Å². The lowest BCUT2D eigenvalue weighted by atomic mass is 9.95. The third-order valence-electron chi connectivity index (χ3n) is 5.96. The van der Waals surface area contributed by atoms with Gasteiger partial charge in [0.1, 0.15) is 11.8 Å². The Morgan fingerprint density at radius 3 is 2.56 bits per heavy atom. The molecular formula is C25H30Cl2N2O3. The Morgan fingerprint density at radius 1 is 1.12 bits per heavy atom. The average Bonchev–Trinajstić information content (AvgIpc) is 2.79. The van der Waals surface area contributed by atoms with Crippen LogP contribution in [0.15, 0.2) is 42.5 Å². The molecule has 1 N–H and O–H groups in total. The maximum Gasteiger partial charge on any atom is 0.242 e. The van der Waals surface area contributed by atoms with E-state index in [9.17, 15) is 9.59 Å². The van der Waals surface area contributed by atoms with Crippen molar-refractivity contribution in [3.63, 3.8) is 0 Å². The molecule has 5 nitrogen and oxygen atoms in total. The molecule has 1 atom stereocenters. The largest absolute Gasteiger partial charge is 0.497 e. The summed E-state index contributed by atoms with van der Waals surface area (Å²) in [4.78, 5) is 28.0. The van der Waals surface area contributed by atoms with Crippen molar-refractivity contribution >= 4 is 35.0 Å². The fourth-order valence-corrected chi connectivity index (χ4v) is 4.52. The third-order valence-corrected chi connectivity index (χ3v) is 6.55. The molecule has 1 fully saturated rings. The summed E-state index contributed by atoms with van der Waals surface area (Å²) in [6.07, 6.45) is 5.53. The van der Waals surface area contributed by atoms with Crippen molar-refractivity contribution in [2.24, 2.45) is 0 Å². The van der Waals surface area contributed by atoms with E-state index < -0.39 is 6.04 Å². The van der Waals surface area contributed by atoms with Crippen LogP contribution in [-0.4, -0.2) is 35.9 Å². The van der Waals surface area contributed by atoms with E-state index in [1.54, 1.807) is 37.1 Å². The van der Waals surface area contributed by atoms with E-state index in [0.717, 1.165) is 31.2 Å². The van der Waals surface area contributed by atoms with Gasteiger partial charge in [-0.2, -0.15) is 0 Å². The van der Waals surface area contributed by atoms with Crippen LogP contribution in [-0.2, 0) is 22.6 Å². The van der Waals surface area contributed by atoms with E-state index >= 15 is 0 Å². The molecule has 0 radical (unpaired) electrons. The number of amides is 2. The topological polar surface area (TPSA) is 58.6 Å². The first-order valence-electron chi connectivity index (χ1n) is 11.0. The number of nitrogens with one attached hydrogen (secondary N) is 1. The molecule has 172 valence electrons. The quantitative estimate of drug-likeness (QED) is 0.553. The van der Waals surface area contributed by atoms with Crippen molar-refractivity contribution in [3.8, 4) is 5.75 Å². The van der Waals surface area contributed by atoms with Crippen molar-refractivity contribution in [2.45, 2.75) is 64.1 Å². The van der Waals surface area contributed by atoms with Crippen LogP contribution in [0.1, 0.15) is 50.2 Å². The van der Waals surface area contributed by atoms with Gasteiger partial charge in [0.05, 0.1) is 13.5 Å². The molecular weight excluding hydrogens is 447 g/mol. The molecule has 3 rings (SSSR count). The number of rotatable bonds is 8. The lowest BCUT2D eigenvalue weighted by molar-refractivity contribution is -0.140. The van der Waals surface area contributed by atoms with Gasteiger partial charge in [-0.3, -0.25) is 9.59 Å². The minimum atomic E-state index is -0.623. The van der Waals surface area contributed by atoms with Crippen LogP contribution in [0, 0.1) is 0 Å². The van der Waals surface area contributed by atoms with Gasteiger partial charge in [0.2, 0.25) is 11.8 Å². The van der Waals surface area contributed by atoms with Crippen molar-refractivity contribution < 1.29 is 14.3 Å². The summed E-state index contributed by atoms with van der Waals surface area (Å²) in [5.41, 5.74) is 1.56. The van der Waals surface area contributed by atoms with Gasteiger partial charge in [-0.1, -0.05) is 60.7 Å². The lowest BCUT2D eigenvalue weighted by Gasteiger charge is -2.31. The van der Waals surface area contributed by atoms with Crippen LogP contribution in [0.3, 0.4) is 0 Å². The first-order valence-corrected chi connectivity index (χ1v) is 11.8. The van der Waals surface area contributed by atoms with E-state index in [2.05, 4.69) is 5.32 Å². The van der Waals surface area contributed by atoms with Gasteiger partial charge in [-0.25, -0.2) is 0 Å². The highest BCUT2D eigenvalue weighted by Crippen LogP contribution is 2.24. The smallest absolute Gasteiger partial charge is 0.242 e. The number of carbonyl (C=O) groups is 2. The lowest BCUT2D eigenvalue weighted by Crippen LogP contribution is -2.50. The van der Waals surface area contributed by atoms with Gasteiger partial charge < -0.3 is 15.0 Å². The zero-order valence-corrected chi connectivity index (χ0v) is 20.1. The second kappa shape index (κ2) is 11.6. The van der Waals surface area contributed by atoms with Gasteiger partial charge in [0.15, 0.2) is 0 Å². The Balaban J connectivity index is 1.80. The maximum absolute atomic E-state index is 13.4. The van der Waals surface area contributed by atoms with Crippen LogP contribution in [0.5, 0.6) is 5.75 Å². The number of benzene rings is 2. The molecule has 2 amide bonds. The van der Waals surface area contributed by atoms with Crippen LogP contribution < -0.4 is 10.1 Å². The summed E-state index contributed by atoms with van der Waals surface area (Å²) in [6, 6.07) is 12.2. The number of nitrogens with zero attached hydrogens (tertiary/aromatic N) is 1. The molecule has 7 heteroatoms. The van der Waals surface area contributed by atoms with Crippen LogP contribution in [0.4, 0.5) is 0 Å². The number of hydrogen-bond acceptors (Lipinski definition) is 3. The number of carbonyl (C=O) groups excluding carboxylic acids is 2. The van der Waals surface area contributed by atoms with Gasteiger partial charge in [0, 0.05) is 22.6 Å². The minimum Gasteiger partial charge on any atom is -0.497 e. The monoisotopic (exact) mass is 476 g/mol. The molecule has 2 aromatic rings. The van der Waals surface area contributed by atoms with Crippen LogP contribution in [0.2, 0.25) is 10.0 Å². The maximum atomic E-state index is 13.4. The number of methoxy groups -OCH3 is 1. The standard InChI is InChI=1S/C25H30Cl2N2O3/c1-17(25(31)28-21-8-4-3-5-9-21)29(16-18-7-6-10-22(13-18)32-2)24(30)14-19-11-12-20(26)15-23(19)27/h6-7,10-13,15,17,21H,3-5,8-9,14,16H2,1-2H3,(H,28,31). The second-order valence-electron chi connectivity index (χ2n) is 8.31. The van der Waals surface area contributed by atoms with Crippen molar-refractivity contribution in [1.82, 2.24) is 10.2 Å². The molecule has 0 aromatic heterocycles. The molecule has 1 unspecified atom stereocenters. The first kappa shape index (κ1) is 24.4. The third kappa shape index (κ3) is 6.63. The molecule has 2 aromatic carbocycles. The van der Waals surface area contributed by atoms with E-state index in [1.165, 1.54) is 6.42 Å². The minimum absolute atomic E-state index is 0.0843. The molecule has 1 aliphatic rings. The highest BCUT2D eigenvalue weighted by molar-refractivity contribution is 6.35. The number of hydrogen-bond donors (Lipinski definition) is 1. The van der Waals surface area contributed by atoms with E-state index in [1.807, 2.05) is 24.3 Å². The van der Waals surface area contributed by atoms with Crippen LogP contribution in [0.25, 0.3) is 0 Å². The predicted octanol–water partition coefficient (Wildman–Crippen LogP) is 5.41. The van der Waals surface area contributed by atoms with E-state index in [-0.39, 0.29) is 24.3 Å². The summed E-state index contributed by atoms with van der Waals surface area (Å²) in [5, 5.41) is 4.09. The SMILES string of the molecule is COc1cccc(CN(C(=O)Cc2ccc(Cl)cc2Cl)C(C)C(=O)NC2CCCCC2)c1. The van der Waals surface area contributed by atoms with Gasteiger partial charge in [0.25, 0.3) is 0 Å². The zero-order valence-electron chi connectivity index (χ0n) is 18.6. The fraction of sp³-hybridized carbons (Fsp3) is 0.440. The molecule has 0 saturated heterocycles. The molecule has 32 heavy (non-hydrogen) atoms. The van der Waals surface area contributed by atoms with Gasteiger partial charge in [-0.05, 0) is 55.2 Å². The Labute approximate surface area is 200 Å². The Kier molecular flexibility index (Phi) is 8.83. The second-order valence-corrected chi connectivity index (χ2v) is 9.15. The highest BCUT2D eigenvalue weighted by atomic mass is 35.5. The summed E-state index contributed by atoms with van der Waals surface area (Å²) in [6.45, 7) is 2.07. The van der Waals surface area contributed by atoms with Gasteiger partial charge >= 0.3 is 0 Å². The molecule has 0 spiro atoms. The average molecular weight is 477 g/mol. The van der Waals surface area contributed by atoms with Crippen molar-refractivity contribution in [1.29, 1.82) is 0 Å². The Morgan fingerprint density at radius 2 is 1.88 bits per heavy atom. The van der Waals surface area contributed by atoms with E-state index in [4.69, 9.17) is 27.9 Å². The zero-order chi connectivity index (χ0) is 23.1. The molecule has 1 aliphatic carbocycles. The fourth-order valence-electron chi connectivity index (χ4n) is 4.05.